The molecular weight excluding hydrogens is 320 g/mol. The molecule has 2 N–H and O–H groups in total. The molecule has 0 bridgehead atoms. The predicted octanol–water partition coefficient (Wildman–Crippen LogP) is 0.0387. The molecule has 1 aliphatic heterocycles. The molecule has 2 amide bonds. The van der Waals surface area contributed by atoms with Gasteiger partial charge in [0.2, 0.25) is 5.91 Å². The van der Waals surface area contributed by atoms with E-state index in [0.29, 0.717) is 31.0 Å². The van der Waals surface area contributed by atoms with Gasteiger partial charge in [0.05, 0.1) is 0 Å². The van der Waals surface area contributed by atoms with Crippen molar-refractivity contribution in [2.24, 2.45) is 0 Å². The van der Waals surface area contributed by atoms with E-state index in [1.165, 1.54) is 0 Å². The van der Waals surface area contributed by atoms with Crippen LogP contribution in [-0.4, -0.2) is 63.0 Å². The molecule has 1 atom stereocenters. The quantitative estimate of drug-likeness (QED) is 0.822. The third kappa shape index (κ3) is 3.09. The number of hydrogen-bond donors (Lipinski definition) is 2. The summed E-state index contributed by atoms with van der Waals surface area (Å²) in [5.74, 6) is -0.308. The summed E-state index contributed by atoms with van der Waals surface area (Å²) in [4.78, 5) is 31.5. The van der Waals surface area contributed by atoms with Crippen LogP contribution in [0.25, 0.3) is 5.65 Å². The number of hydrogen-bond acceptors (Lipinski definition) is 5. The van der Waals surface area contributed by atoms with Gasteiger partial charge < -0.3 is 15.5 Å². The number of nitrogens with one attached hydrogen (secondary N) is 2. The van der Waals surface area contributed by atoms with Gasteiger partial charge in [-0.1, -0.05) is 0 Å². The van der Waals surface area contributed by atoms with E-state index >= 15 is 0 Å². The highest BCUT2D eigenvalue weighted by Gasteiger charge is 2.36. The average Bonchev–Trinajstić information content (AvgIpc) is 3.29. The van der Waals surface area contributed by atoms with E-state index < -0.39 is 6.04 Å². The molecule has 4 rings (SSSR count). The Balaban J connectivity index is 1.61. The number of rotatable bonds is 3. The fraction of sp³-hybridized carbons (Fsp3) is 0.529. The van der Waals surface area contributed by atoms with E-state index in [2.05, 4.69) is 20.7 Å². The van der Waals surface area contributed by atoms with Crippen LogP contribution in [0, 0.1) is 13.8 Å². The molecule has 0 unspecified atom stereocenters. The second-order valence-corrected chi connectivity index (χ2v) is 6.84. The maximum atomic E-state index is 13.0. The first-order valence-electron chi connectivity index (χ1n) is 8.69. The largest absolute Gasteiger partial charge is 0.352 e. The van der Waals surface area contributed by atoms with Gasteiger partial charge in [-0.2, -0.15) is 5.10 Å². The first-order chi connectivity index (χ1) is 12.0. The fourth-order valence-corrected chi connectivity index (χ4v) is 3.25. The zero-order chi connectivity index (χ0) is 17.6. The molecule has 132 valence electrons. The van der Waals surface area contributed by atoms with E-state index in [0.717, 1.165) is 24.2 Å². The summed E-state index contributed by atoms with van der Waals surface area (Å²) in [5.41, 5.74) is 2.78. The lowest BCUT2D eigenvalue weighted by molar-refractivity contribution is -0.126. The summed E-state index contributed by atoms with van der Waals surface area (Å²) >= 11 is 0. The van der Waals surface area contributed by atoms with Crippen molar-refractivity contribution in [2.45, 2.75) is 38.8 Å². The Bertz CT molecular complexity index is 841. The standard InChI is InChI=1S/C17H22N6O2/c1-10-7-11(2)23-15(19-10)8-13(21-23)17(25)22-6-5-18-9-14(22)16(24)20-12-3-4-12/h7-8,12,14,18H,3-6,9H2,1-2H3,(H,20,24)/t14-/m1/s1. The van der Waals surface area contributed by atoms with E-state index in [4.69, 9.17) is 0 Å². The smallest absolute Gasteiger partial charge is 0.275 e. The molecule has 2 aromatic rings. The number of amides is 2. The van der Waals surface area contributed by atoms with Gasteiger partial charge in [-0.3, -0.25) is 9.59 Å². The topological polar surface area (TPSA) is 91.6 Å². The summed E-state index contributed by atoms with van der Waals surface area (Å²) in [6.45, 7) is 5.47. The van der Waals surface area contributed by atoms with Crippen molar-refractivity contribution in [1.82, 2.24) is 30.1 Å². The highest BCUT2D eigenvalue weighted by molar-refractivity contribution is 5.97. The Hall–Kier alpha value is -2.48. The molecule has 1 aliphatic carbocycles. The summed E-state index contributed by atoms with van der Waals surface area (Å²) in [5, 5.41) is 10.6. The molecule has 2 aromatic heterocycles. The fourth-order valence-electron chi connectivity index (χ4n) is 3.25. The molecule has 0 spiro atoms. The van der Waals surface area contributed by atoms with Crippen molar-refractivity contribution in [2.75, 3.05) is 19.6 Å². The number of carbonyl (C=O) groups excluding carboxylic acids is 2. The van der Waals surface area contributed by atoms with E-state index in [9.17, 15) is 9.59 Å². The summed E-state index contributed by atoms with van der Waals surface area (Å²) in [7, 11) is 0. The summed E-state index contributed by atoms with van der Waals surface area (Å²) in [6, 6.07) is 3.39. The van der Waals surface area contributed by atoms with Crippen molar-refractivity contribution in [3.63, 3.8) is 0 Å². The monoisotopic (exact) mass is 342 g/mol. The molecule has 8 heteroatoms. The van der Waals surface area contributed by atoms with Gasteiger partial charge in [-0.15, -0.1) is 0 Å². The number of carbonyl (C=O) groups is 2. The number of aryl methyl sites for hydroxylation is 2. The van der Waals surface area contributed by atoms with E-state index in [1.807, 2.05) is 19.9 Å². The van der Waals surface area contributed by atoms with Crippen LogP contribution in [0.4, 0.5) is 0 Å². The number of piperazine rings is 1. The lowest BCUT2D eigenvalue weighted by Crippen LogP contribution is -2.59. The Morgan fingerprint density at radius 3 is 2.84 bits per heavy atom. The van der Waals surface area contributed by atoms with Gasteiger partial charge in [0.25, 0.3) is 5.91 Å². The van der Waals surface area contributed by atoms with E-state index in [1.54, 1.807) is 15.5 Å². The lowest BCUT2D eigenvalue weighted by Gasteiger charge is -2.34. The molecule has 3 heterocycles. The average molecular weight is 342 g/mol. The first-order valence-corrected chi connectivity index (χ1v) is 8.69. The summed E-state index contributed by atoms with van der Waals surface area (Å²) in [6.07, 6.45) is 2.05. The maximum absolute atomic E-state index is 13.0. The second-order valence-electron chi connectivity index (χ2n) is 6.84. The Kier molecular flexibility index (Phi) is 3.91. The zero-order valence-corrected chi connectivity index (χ0v) is 14.5. The van der Waals surface area contributed by atoms with Crippen LogP contribution in [0.3, 0.4) is 0 Å². The van der Waals surface area contributed by atoms with Gasteiger partial charge in [-0.25, -0.2) is 9.50 Å². The van der Waals surface area contributed by atoms with Crippen LogP contribution in [0.15, 0.2) is 12.1 Å². The van der Waals surface area contributed by atoms with Crippen LogP contribution in [0.1, 0.15) is 34.7 Å². The number of fused-ring (bicyclic) bond motifs is 1. The third-order valence-electron chi connectivity index (χ3n) is 4.68. The zero-order valence-electron chi connectivity index (χ0n) is 14.5. The van der Waals surface area contributed by atoms with Gasteiger partial charge in [0, 0.05) is 43.1 Å². The Morgan fingerprint density at radius 2 is 2.08 bits per heavy atom. The molecular formula is C17H22N6O2. The molecule has 8 nitrogen and oxygen atoms in total. The van der Waals surface area contributed by atoms with Crippen molar-refractivity contribution >= 4 is 17.5 Å². The van der Waals surface area contributed by atoms with Gasteiger partial charge in [-0.05, 0) is 32.8 Å². The lowest BCUT2D eigenvalue weighted by atomic mass is 10.1. The van der Waals surface area contributed by atoms with Crippen molar-refractivity contribution in [3.05, 3.63) is 29.2 Å². The van der Waals surface area contributed by atoms with Gasteiger partial charge in [0.15, 0.2) is 11.3 Å². The van der Waals surface area contributed by atoms with Gasteiger partial charge in [0.1, 0.15) is 6.04 Å². The van der Waals surface area contributed by atoms with Crippen LogP contribution < -0.4 is 10.6 Å². The minimum atomic E-state index is -0.498. The Labute approximate surface area is 145 Å². The number of nitrogens with zero attached hydrogens (tertiary/aromatic N) is 4. The molecule has 1 saturated heterocycles. The minimum absolute atomic E-state index is 0.0861. The molecule has 2 fully saturated rings. The van der Waals surface area contributed by atoms with Crippen LogP contribution >= 0.6 is 0 Å². The van der Waals surface area contributed by atoms with Crippen LogP contribution in [-0.2, 0) is 4.79 Å². The maximum Gasteiger partial charge on any atom is 0.275 e. The van der Waals surface area contributed by atoms with Crippen LogP contribution in [0.2, 0.25) is 0 Å². The number of aromatic nitrogens is 3. The molecule has 0 aromatic carbocycles. The third-order valence-corrected chi connectivity index (χ3v) is 4.68. The highest BCUT2D eigenvalue weighted by Crippen LogP contribution is 2.20. The molecule has 1 saturated carbocycles. The molecule has 25 heavy (non-hydrogen) atoms. The normalized spacial score (nSPS) is 20.7. The highest BCUT2D eigenvalue weighted by atomic mass is 16.2. The van der Waals surface area contributed by atoms with Gasteiger partial charge >= 0.3 is 0 Å². The van der Waals surface area contributed by atoms with Crippen molar-refractivity contribution in [1.29, 1.82) is 0 Å². The summed E-state index contributed by atoms with van der Waals surface area (Å²) < 4.78 is 1.67. The second kappa shape index (κ2) is 6.11. The van der Waals surface area contributed by atoms with Crippen molar-refractivity contribution < 1.29 is 9.59 Å². The first kappa shape index (κ1) is 16.0. The SMILES string of the molecule is Cc1cc(C)n2nc(C(=O)N3CCNC[C@@H]3C(=O)NC3CC3)cc2n1. The van der Waals surface area contributed by atoms with Crippen LogP contribution in [0.5, 0.6) is 0 Å². The predicted molar refractivity (Wildman–Crippen MR) is 91.3 cm³/mol. The minimum Gasteiger partial charge on any atom is -0.352 e. The van der Waals surface area contributed by atoms with Crippen molar-refractivity contribution in [3.8, 4) is 0 Å². The molecule has 0 radical (unpaired) electrons. The molecule has 2 aliphatic rings. The van der Waals surface area contributed by atoms with E-state index in [-0.39, 0.29) is 17.9 Å². The Morgan fingerprint density at radius 1 is 1.28 bits per heavy atom.